The molecule has 0 bridgehead atoms. The Labute approximate surface area is 120 Å². The lowest BCUT2D eigenvalue weighted by Gasteiger charge is -2.08. The topological polar surface area (TPSA) is 39.1 Å². The number of halogens is 1. The molecule has 19 heavy (non-hydrogen) atoms. The number of hydrogen-bond acceptors (Lipinski definition) is 3. The van der Waals surface area contributed by atoms with Gasteiger partial charge in [0.2, 0.25) is 0 Å². The third-order valence-electron chi connectivity index (χ3n) is 2.75. The van der Waals surface area contributed by atoms with Gasteiger partial charge >= 0.3 is 0 Å². The zero-order valence-electron chi connectivity index (χ0n) is 11.3. The zero-order valence-corrected chi connectivity index (χ0v) is 12.1. The fourth-order valence-electron chi connectivity index (χ4n) is 1.84. The van der Waals surface area contributed by atoms with Crippen LogP contribution in [-0.4, -0.2) is 16.9 Å². The van der Waals surface area contributed by atoms with E-state index in [9.17, 15) is 0 Å². The summed E-state index contributed by atoms with van der Waals surface area (Å²) in [5, 5.41) is 7.74. The first-order valence-electron chi connectivity index (χ1n) is 6.22. The van der Waals surface area contributed by atoms with Crippen LogP contribution in [0.25, 0.3) is 0 Å². The molecule has 0 saturated heterocycles. The quantitative estimate of drug-likeness (QED) is 0.883. The van der Waals surface area contributed by atoms with Gasteiger partial charge in [0.05, 0.1) is 7.11 Å². The van der Waals surface area contributed by atoms with Gasteiger partial charge in [-0.1, -0.05) is 25.1 Å². The van der Waals surface area contributed by atoms with E-state index in [2.05, 4.69) is 23.4 Å². The van der Waals surface area contributed by atoms with E-state index in [-0.39, 0.29) is 12.4 Å². The Kier molecular flexibility index (Phi) is 6.22. The number of aromatic nitrogens is 2. The van der Waals surface area contributed by atoms with Crippen molar-refractivity contribution in [2.45, 2.75) is 26.4 Å². The van der Waals surface area contributed by atoms with Crippen LogP contribution >= 0.6 is 12.4 Å². The van der Waals surface area contributed by atoms with Gasteiger partial charge in [0, 0.05) is 30.9 Å². The second-order valence-electron chi connectivity index (χ2n) is 4.13. The van der Waals surface area contributed by atoms with Gasteiger partial charge in [0.25, 0.3) is 0 Å². The van der Waals surface area contributed by atoms with Crippen molar-refractivity contribution in [2.75, 3.05) is 12.4 Å². The molecule has 5 heteroatoms. The molecule has 0 aliphatic carbocycles. The van der Waals surface area contributed by atoms with E-state index in [1.807, 2.05) is 35.1 Å². The highest BCUT2D eigenvalue weighted by Crippen LogP contribution is 2.18. The molecule has 1 aromatic heterocycles. The number of para-hydroxylation sites is 1. The van der Waals surface area contributed by atoms with Crippen LogP contribution in [0.3, 0.4) is 0 Å². The van der Waals surface area contributed by atoms with Crippen LogP contribution < -0.4 is 10.1 Å². The summed E-state index contributed by atoms with van der Waals surface area (Å²) in [5.41, 5.74) is 1.13. The number of rotatable bonds is 6. The Morgan fingerprint density at radius 1 is 1.26 bits per heavy atom. The smallest absolute Gasteiger partial charge is 0.148 e. The molecule has 1 N–H and O–H groups in total. The van der Waals surface area contributed by atoms with E-state index >= 15 is 0 Å². The van der Waals surface area contributed by atoms with E-state index in [4.69, 9.17) is 4.74 Å². The van der Waals surface area contributed by atoms with Gasteiger partial charge in [-0.05, 0) is 12.5 Å². The monoisotopic (exact) mass is 281 g/mol. The standard InChI is InChI=1S/C14H19N3O.ClH/c1-3-9-17-10-8-14(16-17)15-11-12-6-4-5-7-13(12)18-2;/h4-8,10H,3,9,11H2,1-2H3,(H,15,16);1H. The molecule has 2 rings (SSSR count). The molecule has 0 aliphatic rings. The van der Waals surface area contributed by atoms with Crippen LogP contribution in [0.2, 0.25) is 0 Å². The predicted octanol–water partition coefficient (Wildman–Crippen LogP) is 3.34. The first-order chi connectivity index (χ1) is 8.83. The number of hydrogen-bond donors (Lipinski definition) is 1. The molecule has 0 aliphatic heterocycles. The van der Waals surface area contributed by atoms with Gasteiger partial charge < -0.3 is 10.1 Å². The van der Waals surface area contributed by atoms with Crippen LogP contribution in [-0.2, 0) is 13.1 Å². The molecule has 1 aromatic carbocycles. The fraction of sp³-hybridized carbons (Fsp3) is 0.357. The lowest BCUT2D eigenvalue weighted by Crippen LogP contribution is -2.03. The first kappa shape index (κ1) is 15.4. The number of methoxy groups -OCH3 is 1. The maximum Gasteiger partial charge on any atom is 0.148 e. The number of ether oxygens (including phenoxy) is 1. The van der Waals surface area contributed by atoms with Crippen molar-refractivity contribution in [3.63, 3.8) is 0 Å². The van der Waals surface area contributed by atoms with E-state index < -0.39 is 0 Å². The summed E-state index contributed by atoms with van der Waals surface area (Å²) >= 11 is 0. The summed E-state index contributed by atoms with van der Waals surface area (Å²) in [4.78, 5) is 0. The lowest BCUT2D eigenvalue weighted by molar-refractivity contribution is 0.410. The van der Waals surface area contributed by atoms with Crippen LogP contribution in [0, 0.1) is 0 Å². The zero-order chi connectivity index (χ0) is 12.8. The van der Waals surface area contributed by atoms with Gasteiger partial charge in [-0.15, -0.1) is 12.4 Å². The summed E-state index contributed by atoms with van der Waals surface area (Å²) < 4.78 is 7.26. The molecular formula is C14H20ClN3O. The van der Waals surface area contributed by atoms with E-state index in [0.717, 1.165) is 30.1 Å². The number of nitrogens with zero attached hydrogens (tertiary/aromatic N) is 2. The summed E-state index contributed by atoms with van der Waals surface area (Å²) in [5.74, 6) is 1.80. The predicted molar refractivity (Wildman–Crippen MR) is 80.1 cm³/mol. The van der Waals surface area contributed by atoms with Gasteiger partial charge in [-0.2, -0.15) is 5.10 Å². The minimum Gasteiger partial charge on any atom is -0.496 e. The van der Waals surface area contributed by atoms with E-state index in [1.54, 1.807) is 7.11 Å². The Morgan fingerprint density at radius 3 is 2.79 bits per heavy atom. The van der Waals surface area contributed by atoms with Crippen molar-refractivity contribution in [2.24, 2.45) is 0 Å². The lowest BCUT2D eigenvalue weighted by atomic mass is 10.2. The maximum atomic E-state index is 5.31. The molecule has 0 fully saturated rings. The summed E-state index contributed by atoms with van der Waals surface area (Å²) in [6.45, 7) is 3.81. The third kappa shape index (κ3) is 4.17. The van der Waals surface area contributed by atoms with Crippen LogP contribution in [0.15, 0.2) is 36.5 Å². The van der Waals surface area contributed by atoms with Gasteiger partial charge in [-0.3, -0.25) is 4.68 Å². The SMILES string of the molecule is CCCn1ccc(NCc2ccccc2OC)n1.Cl. The van der Waals surface area contributed by atoms with Gasteiger partial charge in [0.1, 0.15) is 11.6 Å². The minimum atomic E-state index is 0. The first-order valence-corrected chi connectivity index (χ1v) is 6.22. The molecule has 0 unspecified atom stereocenters. The van der Waals surface area contributed by atoms with Crippen molar-refractivity contribution >= 4 is 18.2 Å². The van der Waals surface area contributed by atoms with Crippen molar-refractivity contribution in [3.8, 4) is 5.75 Å². The van der Waals surface area contributed by atoms with Gasteiger partial charge in [-0.25, -0.2) is 0 Å². The Bertz CT molecular complexity index is 499. The van der Waals surface area contributed by atoms with Gasteiger partial charge in [0.15, 0.2) is 0 Å². The molecular weight excluding hydrogens is 262 g/mol. The van der Waals surface area contributed by atoms with Crippen molar-refractivity contribution in [1.82, 2.24) is 9.78 Å². The van der Waals surface area contributed by atoms with Crippen LogP contribution in [0.1, 0.15) is 18.9 Å². The summed E-state index contributed by atoms with van der Waals surface area (Å²) in [7, 11) is 1.69. The molecule has 1 heterocycles. The van der Waals surface area contributed by atoms with Crippen molar-refractivity contribution < 1.29 is 4.74 Å². The second kappa shape index (κ2) is 7.69. The molecule has 0 amide bonds. The maximum absolute atomic E-state index is 5.31. The number of aryl methyl sites for hydroxylation is 1. The number of nitrogens with one attached hydrogen (secondary N) is 1. The normalized spacial score (nSPS) is 9.79. The number of anilines is 1. The average Bonchev–Trinajstić information content (AvgIpc) is 2.85. The highest BCUT2D eigenvalue weighted by molar-refractivity contribution is 5.85. The molecule has 2 aromatic rings. The molecule has 4 nitrogen and oxygen atoms in total. The minimum absolute atomic E-state index is 0. The molecule has 0 spiro atoms. The Hall–Kier alpha value is -1.68. The molecule has 0 saturated carbocycles. The third-order valence-corrected chi connectivity index (χ3v) is 2.75. The molecule has 0 radical (unpaired) electrons. The molecule has 104 valence electrons. The molecule has 0 atom stereocenters. The van der Waals surface area contributed by atoms with Crippen LogP contribution in [0.4, 0.5) is 5.82 Å². The number of benzene rings is 1. The van der Waals surface area contributed by atoms with Crippen LogP contribution in [0.5, 0.6) is 5.75 Å². The second-order valence-corrected chi connectivity index (χ2v) is 4.13. The Morgan fingerprint density at radius 2 is 2.05 bits per heavy atom. The van der Waals surface area contributed by atoms with Crippen molar-refractivity contribution in [3.05, 3.63) is 42.1 Å². The fourth-order valence-corrected chi connectivity index (χ4v) is 1.84. The largest absolute Gasteiger partial charge is 0.496 e. The summed E-state index contributed by atoms with van der Waals surface area (Å²) in [6.07, 6.45) is 3.09. The Balaban J connectivity index is 0.00000180. The average molecular weight is 282 g/mol. The van der Waals surface area contributed by atoms with E-state index in [1.165, 1.54) is 0 Å². The van der Waals surface area contributed by atoms with Crippen molar-refractivity contribution in [1.29, 1.82) is 0 Å². The summed E-state index contributed by atoms with van der Waals surface area (Å²) in [6, 6.07) is 9.99. The highest BCUT2D eigenvalue weighted by atomic mass is 35.5. The highest BCUT2D eigenvalue weighted by Gasteiger charge is 2.02. The van der Waals surface area contributed by atoms with E-state index in [0.29, 0.717) is 6.54 Å².